The highest BCUT2D eigenvalue weighted by Gasteiger charge is 2.14. The maximum absolute atomic E-state index is 13.7. The number of rotatable bonds is 3. The molecule has 0 spiro atoms. The lowest BCUT2D eigenvalue weighted by Gasteiger charge is -2.16. The van der Waals surface area contributed by atoms with Crippen molar-refractivity contribution >= 4 is 21.6 Å². The molecule has 1 heterocycles. The Balaban J connectivity index is 2.26. The first-order valence-corrected chi connectivity index (χ1v) is 6.49. The van der Waals surface area contributed by atoms with E-state index in [1.807, 2.05) is 33.2 Å². The van der Waals surface area contributed by atoms with Gasteiger partial charge in [0.05, 0.1) is 17.4 Å². The molecular weight excluding hydrogens is 297 g/mol. The van der Waals surface area contributed by atoms with Crippen LogP contribution in [0.1, 0.15) is 24.2 Å². The lowest BCUT2D eigenvalue weighted by molar-refractivity contribution is 0.626. The fraction of sp³-hybridized carbons (Fsp3) is 0.308. The maximum Gasteiger partial charge on any atom is 0.147 e. The van der Waals surface area contributed by atoms with Crippen molar-refractivity contribution in [2.75, 3.05) is 5.32 Å². The summed E-state index contributed by atoms with van der Waals surface area (Å²) in [4.78, 5) is 0. The van der Waals surface area contributed by atoms with E-state index < -0.39 is 0 Å². The van der Waals surface area contributed by atoms with E-state index in [1.165, 1.54) is 6.07 Å². The van der Waals surface area contributed by atoms with E-state index in [9.17, 15) is 4.39 Å². The van der Waals surface area contributed by atoms with E-state index in [-0.39, 0.29) is 11.9 Å². The Kier molecular flexibility index (Phi) is 3.71. The van der Waals surface area contributed by atoms with Gasteiger partial charge in [-0.3, -0.25) is 4.68 Å². The van der Waals surface area contributed by atoms with Crippen molar-refractivity contribution in [3.8, 4) is 0 Å². The Morgan fingerprint density at radius 2 is 2.17 bits per heavy atom. The Hall–Kier alpha value is -1.36. The van der Waals surface area contributed by atoms with E-state index in [1.54, 1.807) is 10.7 Å². The van der Waals surface area contributed by atoms with Crippen LogP contribution < -0.4 is 5.32 Å². The molecule has 1 aromatic heterocycles. The van der Waals surface area contributed by atoms with Gasteiger partial charge in [0.1, 0.15) is 5.82 Å². The second kappa shape index (κ2) is 5.10. The minimum absolute atomic E-state index is 0.00750. The Labute approximate surface area is 114 Å². The third kappa shape index (κ3) is 2.56. The van der Waals surface area contributed by atoms with Crippen LogP contribution >= 0.6 is 15.9 Å². The van der Waals surface area contributed by atoms with Gasteiger partial charge >= 0.3 is 0 Å². The fourth-order valence-corrected chi connectivity index (χ4v) is 2.43. The van der Waals surface area contributed by atoms with Gasteiger partial charge < -0.3 is 5.32 Å². The van der Waals surface area contributed by atoms with Crippen LogP contribution in [-0.4, -0.2) is 9.78 Å². The highest BCUT2D eigenvalue weighted by molar-refractivity contribution is 9.10. The third-order valence-electron chi connectivity index (χ3n) is 2.84. The summed E-state index contributed by atoms with van der Waals surface area (Å²) in [5.41, 5.74) is 2.49. The second-order valence-corrected chi connectivity index (χ2v) is 5.16. The number of para-hydroxylation sites is 1. The van der Waals surface area contributed by atoms with Gasteiger partial charge in [-0.05, 0) is 41.9 Å². The van der Waals surface area contributed by atoms with Crippen molar-refractivity contribution in [1.29, 1.82) is 0 Å². The minimum Gasteiger partial charge on any atom is -0.375 e. The van der Waals surface area contributed by atoms with Gasteiger partial charge in [0.2, 0.25) is 0 Å². The van der Waals surface area contributed by atoms with Crippen LogP contribution in [0.2, 0.25) is 0 Å². The van der Waals surface area contributed by atoms with E-state index in [2.05, 4.69) is 26.3 Å². The summed E-state index contributed by atoms with van der Waals surface area (Å²) < 4.78 is 16.2. The zero-order chi connectivity index (χ0) is 13.3. The van der Waals surface area contributed by atoms with Crippen molar-refractivity contribution in [2.45, 2.75) is 19.9 Å². The lowest BCUT2D eigenvalue weighted by Crippen LogP contribution is -2.09. The highest BCUT2D eigenvalue weighted by Crippen LogP contribution is 2.29. The topological polar surface area (TPSA) is 29.9 Å². The van der Waals surface area contributed by atoms with Crippen LogP contribution in [0, 0.1) is 12.7 Å². The Bertz CT molecular complexity index is 545. The first-order chi connectivity index (χ1) is 8.49. The molecule has 0 aliphatic rings. The molecule has 0 saturated carbocycles. The van der Waals surface area contributed by atoms with Gasteiger partial charge in [-0.1, -0.05) is 6.07 Å². The molecule has 1 unspecified atom stereocenters. The summed E-state index contributed by atoms with van der Waals surface area (Å²) in [7, 11) is 1.88. The summed E-state index contributed by atoms with van der Waals surface area (Å²) in [6, 6.07) is 4.92. The predicted molar refractivity (Wildman–Crippen MR) is 74.1 cm³/mol. The van der Waals surface area contributed by atoms with E-state index >= 15 is 0 Å². The van der Waals surface area contributed by atoms with Crippen LogP contribution in [0.3, 0.4) is 0 Å². The number of hydrogen-bond donors (Lipinski definition) is 1. The van der Waals surface area contributed by atoms with Gasteiger partial charge in [0, 0.05) is 23.3 Å². The first-order valence-electron chi connectivity index (χ1n) is 5.69. The number of benzene rings is 1. The SMILES string of the molecule is Cc1nn(C)cc1C(C)Nc1c(F)cccc1Br. The molecule has 0 amide bonds. The molecule has 1 atom stereocenters. The van der Waals surface area contributed by atoms with Crippen molar-refractivity contribution in [3.63, 3.8) is 0 Å². The van der Waals surface area contributed by atoms with Crippen molar-refractivity contribution < 1.29 is 4.39 Å². The van der Waals surface area contributed by atoms with Gasteiger partial charge in [-0.15, -0.1) is 0 Å². The molecule has 5 heteroatoms. The molecule has 18 heavy (non-hydrogen) atoms. The van der Waals surface area contributed by atoms with Crippen molar-refractivity contribution in [3.05, 3.63) is 45.9 Å². The second-order valence-electron chi connectivity index (χ2n) is 4.31. The molecule has 0 radical (unpaired) electrons. The highest BCUT2D eigenvalue weighted by atomic mass is 79.9. The molecule has 0 bridgehead atoms. The third-order valence-corrected chi connectivity index (χ3v) is 3.50. The summed E-state index contributed by atoms with van der Waals surface area (Å²) in [6.45, 7) is 3.94. The standard InChI is InChI=1S/C13H15BrFN3/c1-8(10-7-18(3)17-9(10)2)16-13-11(14)5-4-6-12(13)15/h4-8,16H,1-3H3. The number of hydrogen-bond acceptors (Lipinski definition) is 2. The number of nitrogens with one attached hydrogen (secondary N) is 1. The first kappa shape index (κ1) is 13.1. The van der Waals surface area contributed by atoms with Crippen LogP contribution in [0.25, 0.3) is 0 Å². The normalized spacial score (nSPS) is 12.5. The van der Waals surface area contributed by atoms with Crippen molar-refractivity contribution in [2.24, 2.45) is 7.05 Å². The average Bonchev–Trinajstić information content (AvgIpc) is 2.63. The van der Waals surface area contributed by atoms with Gasteiger partial charge in [-0.2, -0.15) is 5.10 Å². The smallest absolute Gasteiger partial charge is 0.147 e. The number of halogens is 2. The molecule has 0 fully saturated rings. The molecule has 0 aliphatic carbocycles. The summed E-state index contributed by atoms with van der Waals surface area (Å²) >= 11 is 3.35. The lowest BCUT2D eigenvalue weighted by atomic mass is 10.1. The molecule has 3 nitrogen and oxygen atoms in total. The monoisotopic (exact) mass is 311 g/mol. The van der Waals surface area contributed by atoms with Gasteiger partial charge in [-0.25, -0.2) is 4.39 Å². The molecule has 0 aliphatic heterocycles. The van der Waals surface area contributed by atoms with E-state index in [4.69, 9.17) is 0 Å². The Morgan fingerprint density at radius 1 is 1.44 bits per heavy atom. The summed E-state index contributed by atoms with van der Waals surface area (Å²) in [6.07, 6.45) is 1.95. The summed E-state index contributed by atoms with van der Waals surface area (Å²) in [5.74, 6) is -0.266. The average molecular weight is 312 g/mol. The Morgan fingerprint density at radius 3 is 2.72 bits per heavy atom. The van der Waals surface area contributed by atoms with Crippen LogP contribution in [0.15, 0.2) is 28.9 Å². The molecule has 1 aromatic carbocycles. The molecule has 2 rings (SSSR count). The number of aromatic nitrogens is 2. The number of aryl methyl sites for hydroxylation is 2. The number of nitrogens with zero attached hydrogens (tertiary/aromatic N) is 2. The minimum atomic E-state index is -0.266. The zero-order valence-corrected chi connectivity index (χ0v) is 12.1. The van der Waals surface area contributed by atoms with Gasteiger partial charge in [0.25, 0.3) is 0 Å². The fourth-order valence-electron chi connectivity index (χ4n) is 1.97. The van der Waals surface area contributed by atoms with Crippen LogP contribution in [0.5, 0.6) is 0 Å². The van der Waals surface area contributed by atoms with Gasteiger partial charge in [0.15, 0.2) is 0 Å². The molecule has 96 valence electrons. The molecule has 1 N–H and O–H groups in total. The number of anilines is 1. The predicted octanol–water partition coefficient (Wildman–Crippen LogP) is 3.80. The van der Waals surface area contributed by atoms with Crippen LogP contribution in [-0.2, 0) is 7.05 Å². The molecule has 0 saturated heterocycles. The quantitative estimate of drug-likeness (QED) is 0.934. The molecular formula is C13H15BrFN3. The van der Waals surface area contributed by atoms with Crippen molar-refractivity contribution in [1.82, 2.24) is 9.78 Å². The maximum atomic E-state index is 13.7. The van der Waals surface area contributed by atoms with E-state index in [0.29, 0.717) is 5.69 Å². The van der Waals surface area contributed by atoms with E-state index in [0.717, 1.165) is 15.7 Å². The summed E-state index contributed by atoms with van der Waals surface area (Å²) in [5, 5.41) is 7.46. The largest absolute Gasteiger partial charge is 0.375 e. The molecule has 2 aromatic rings. The van der Waals surface area contributed by atoms with Crippen LogP contribution in [0.4, 0.5) is 10.1 Å². The zero-order valence-electron chi connectivity index (χ0n) is 10.5.